The number of nitrogens with one attached hydrogen (secondary N) is 1. The highest BCUT2D eigenvalue weighted by Gasteiger charge is 2.28. The molecule has 6 nitrogen and oxygen atoms in total. The molecule has 2 rings (SSSR count). The van der Waals surface area contributed by atoms with E-state index in [1.165, 1.54) is 0 Å². The zero-order chi connectivity index (χ0) is 17.1. The topological polar surface area (TPSA) is 75.7 Å². The van der Waals surface area contributed by atoms with Gasteiger partial charge >= 0.3 is 6.09 Å². The van der Waals surface area contributed by atoms with Crippen LogP contribution in [-0.2, 0) is 14.6 Å². The minimum absolute atomic E-state index is 0.0950. The molecule has 0 aliphatic carbocycles. The van der Waals surface area contributed by atoms with Gasteiger partial charge < -0.3 is 15.0 Å². The van der Waals surface area contributed by atoms with Crippen molar-refractivity contribution in [3.05, 3.63) is 0 Å². The number of nitrogens with zero attached hydrogens (tertiary/aromatic N) is 1. The molecule has 7 heteroatoms. The molecule has 1 N–H and O–H groups in total. The molecule has 0 aromatic rings. The summed E-state index contributed by atoms with van der Waals surface area (Å²) < 4.78 is 28.7. The summed E-state index contributed by atoms with van der Waals surface area (Å²) >= 11 is 0. The lowest BCUT2D eigenvalue weighted by molar-refractivity contribution is 0.0183. The van der Waals surface area contributed by atoms with Crippen LogP contribution >= 0.6 is 0 Å². The second-order valence-corrected chi connectivity index (χ2v) is 10.0. The highest BCUT2D eigenvalue weighted by Crippen LogP contribution is 2.20. The maximum absolute atomic E-state index is 12.0. The molecule has 0 aromatic heterocycles. The van der Waals surface area contributed by atoms with Gasteiger partial charge in [0.1, 0.15) is 5.60 Å². The van der Waals surface area contributed by atoms with E-state index in [-0.39, 0.29) is 17.9 Å². The lowest BCUT2D eigenvalue weighted by Crippen LogP contribution is -2.46. The highest BCUT2D eigenvalue weighted by atomic mass is 32.2. The van der Waals surface area contributed by atoms with Gasteiger partial charge in [-0.15, -0.1) is 0 Å². The van der Waals surface area contributed by atoms with Crippen molar-refractivity contribution < 1.29 is 17.9 Å². The Morgan fingerprint density at radius 3 is 2.43 bits per heavy atom. The first kappa shape index (κ1) is 18.5. The number of carbonyl (C=O) groups excluding carboxylic acids is 1. The Labute approximate surface area is 139 Å². The van der Waals surface area contributed by atoms with Crippen molar-refractivity contribution in [2.24, 2.45) is 5.92 Å². The summed E-state index contributed by atoms with van der Waals surface area (Å²) in [5.74, 6) is 1.10. The van der Waals surface area contributed by atoms with Gasteiger partial charge in [0.25, 0.3) is 0 Å². The number of amides is 1. The fourth-order valence-electron chi connectivity index (χ4n) is 3.16. The summed E-state index contributed by atoms with van der Waals surface area (Å²) in [6.07, 6.45) is 3.34. The van der Waals surface area contributed by atoms with E-state index < -0.39 is 15.4 Å². The average Bonchev–Trinajstić information content (AvgIpc) is 2.43. The molecule has 0 spiro atoms. The van der Waals surface area contributed by atoms with Crippen LogP contribution < -0.4 is 5.32 Å². The fraction of sp³-hybridized carbons (Fsp3) is 0.938. The Morgan fingerprint density at radius 1 is 1.22 bits per heavy atom. The second kappa shape index (κ2) is 7.38. The van der Waals surface area contributed by atoms with E-state index in [0.717, 1.165) is 32.2 Å². The minimum atomic E-state index is -2.85. The Kier molecular flexibility index (Phi) is 5.94. The molecule has 0 aromatic carbocycles. The highest BCUT2D eigenvalue weighted by molar-refractivity contribution is 7.91. The summed E-state index contributed by atoms with van der Waals surface area (Å²) in [4.78, 5) is 13.8. The number of carbonyl (C=O) groups is 1. The third kappa shape index (κ3) is 6.30. The number of hydrogen-bond donors (Lipinski definition) is 1. The summed E-state index contributed by atoms with van der Waals surface area (Å²) in [7, 11) is -2.85. The van der Waals surface area contributed by atoms with Crippen molar-refractivity contribution in [2.45, 2.75) is 58.1 Å². The normalized spacial score (nSPS) is 26.0. The van der Waals surface area contributed by atoms with Crippen molar-refractivity contribution in [3.8, 4) is 0 Å². The van der Waals surface area contributed by atoms with E-state index in [9.17, 15) is 13.2 Å². The van der Waals surface area contributed by atoms with Gasteiger partial charge in [0.15, 0.2) is 9.84 Å². The van der Waals surface area contributed by atoms with Gasteiger partial charge in [-0.2, -0.15) is 0 Å². The first-order valence-electron chi connectivity index (χ1n) is 8.56. The zero-order valence-corrected chi connectivity index (χ0v) is 15.3. The van der Waals surface area contributed by atoms with Crippen LogP contribution in [0.3, 0.4) is 0 Å². The smallest absolute Gasteiger partial charge is 0.410 e. The third-order valence-electron chi connectivity index (χ3n) is 4.42. The van der Waals surface area contributed by atoms with Crippen molar-refractivity contribution in [1.29, 1.82) is 0 Å². The van der Waals surface area contributed by atoms with Crippen molar-refractivity contribution >= 4 is 15.9 Å². The van der Waals surface area contributed by atoms with Crippen LogP contribution in [0.15, 0.2) is 0 Å². The van der Waals surface area contributed by atoms with Crippen LogP contribution in [0.1, 0.15) is 46.5 Å². The fourth-order valence-corrected chi connectivity index (χ4v) is 4.83. The number of hydrogen-bond acceptors (Lipinski definition) is 5. The summed E-state index contributed by atoms with van der Waals surface area (Å²) in [6, 6.07) is 0.0950. The lowest BCUT2D eigenvalue weighted by Gasteiger charge is -2.34. The molecule has 23 heavy (non-hydrogen) atoms. The molecular formula is C16H30N2O4S. The molecule has 1 atom stereocenters. The van der Waals surface area contributed by atoms with E-state index in [4.69, 9.17) is 4.74 Å². The number of sulfone groups is 1. The second-order valence-electron chi connectivity index (χ2n) is 7.77. The Morgan fingerprint density at radius 2 is 1.87 bits per heavy atom. The van der Waals surface area contributed by atoms with E-state index in [1.807, 2.05) is 20.8 Å². The number of likely N-dealkylation sites (tertiary alicyclic amines) is 1. The summed E-state index contributed by atoms with van der Waals surface area (Å²) in [5.41, 5.74) is -0.456. The zero-order valence-electron chi connectivity index (χ0n) is 14.5. The van der Waals surface area contributed by atoms with Crippen LogP contribution in [0.4, 0.5) is 4.79 Å². The van der Waals surface area contributed by atoms with Crippen molar-refractivity contribution in [1.82, 2.24) is 10.2 Å². The molecule has 1 amide bonds. The average molecular weight is 346 g/mol. The summed E-state index contributed by atoms with van der Waals surface area (Å²) in [6.45, 7) is 7.89. The lowest BCUT2D eigenvalue weighted by atomic mass is 9.96. The van der Waals surface area contributed by atoms with Crippen LogP contribution in [0, 0.1) is 5.92 Å². The van der Waals surface area contributed by atoms with E-state index >= 15 is 0 Å². The van der Waals surface area contributed by atoms with Gasteiger partial charge in [-0.05, 0) is 58.9 Å². The first-order valence-corrected chi connectivity index (χ1v) is 10.4. The number of rotatable bonds is 3. The van der Waals surface area contributed by atoms with Crippen LogP contribution in [-0.4, -0.2) is 62.2 Å². The Bertz CT molecular complexity index is 505. The minimum Gasteiger partial charge on any atom is -0.444 e. The maximum atomic E-state index is 12.0. The molecule has 0 bridgehead atoms. The van der Waals surface area contributed by atoms with Gasteiger partial charge in [-0.1, -0.05) is 0 Å². The molecule has 2 aliphatic rings. The Hall–Kier alpha value is -0.820. The van der Waals surface area contributed by atoms with Gasteiger partial charge in [0.05, 0.1) is 11.5 Å². The van der Waals surface area contributed by atoms with Gasteiger partial charge in [-0.25, -0.2) is 13.2 Å². The molecule has 2 heterocycles. The predicted molar refractivity (Wildman–Crippen MR) is 90.2 cm³/mol. The third-order valence-corrected chi connectivity index (χ3v) is 6.25. The van der Waals surface area contributed by atoms with Gasteiger partial charge in [0.2, 0.25) is 0 Å². The number of ether oxygens (including phenoxy) is 1. The van der Waals surface area contributed by atoms with E-state index in [0.29, 0.717) is 24.8 Å². The van der Waals surface area contributed by atoms with Crippen LogP contribution in [0.2, 0.25) is 0 Å². The van der Waals surface area contributed by atoms with Crippen LogP contribution in [0.25, 0.3) is 0 Å². The molecule has 134 valence electrons. The SMILES string of the molecule is CC(C)(C)OC(=O)N1CCC(CNC2CCCS(=O)(=O)C2)CC1. The van der Waals surface area contributed by atoms with Crippen molar-refractivity contribution in [3.63, 3.8) is 0 Å². The number of piperidine rings is 1. The van der Waals surface area contributed by atoms with E-state index in [1.54, 1.807) is 4.90 Å². The molecular weight excluding hydrogens is 316 g/mol. The first-order chi connectivity index (χ1) is 10.6. The molecule has 0 radical (unpaired) electrons. The van der Waals surface area contributed by atoms with E-state index in [2.05, 4.69) is 5.32 Å². The summed E-state index contributed by atoms with van der Waals surface area (Å²) in [5, 5.41) is 3.42. The molecule has 2 saturated heterocycles. The Balaban J connectivity index is 1.70. The monoisotopic (exact) mass is 346 g/mol. The van der Waals surface area contributed by atoms with Gasteiger partial charge in [0, 0.05) is 19.1 Å². The molecule has 1 unspecified atom stereocenters. The maximum Gasteiger partial charge on any atom is 0.410 e. The molecule has 2 aliphatic heterocycles. The quantitative estimate of drug-likeness (QED) is 0.843. The standard InChI is InChI=1S/C16H30N2O4S/c1-16(2,3)22-15(19)18-8-6-13(7-9-18)11-17-14-5-4-10-23(20,21)12-14/h13-14,17H,4-12H2,1-3H3. The van der Waals surface area contributed by atoms with Crippen LogP contribution in [0.5, 0.6) is 0 Å². The van der Waals surface area contributed by atoms with Crippen molar-refractivity contribution in [2.75, 3.05) is 31.1 Å². The largest absolute Gasteiger partial charge is 0.444 e. The molecule has 0 saturated carbocycles. The predicted octanol–water partition coefficient (Wildman–Crippen LogP) is 1.80. The van der Waals surface area contributed by atoms with Gasteiger partial charge in [-0.3, -0.25) is 0 Å². The molecule has 2 fully saturated rings.